The molecule has 0 aromatic carbocycles. The quantitative estimate of drug-likeness (QED) is 0.404. The normalized spacial score (nSPS) is 11.3. The molecule has 0 fully saturated rings. The van der Waals surface area contributed by atoms with Gasteiger partial charge in [0.05, 0.1) is 5.34 Å². The van der Waals surface area contributed by atoms with E-state index in [9.17, 15) is 0 Å². The topological polar surface area (TPSA) is 0 Å². The molecule has 1 unspecified atom stereocenters. The third-order valence-corrected chi connectivity index (χ3v) is 2.25. The Labute approximate surface area is 70.1 Å². The summed E-state index contributed by atoms with van der Waals surface area (Å²) < 4.78 is 0. The predicted octanol–water partition coefficient (Wildman–Crippen LogP) is 3.51. The Kier molecular flexibility index (Phi) is 10.0. The van der Waals surface area contributed by atoms with Crippen LogP contribution in [-0.4, -0.2) is 17.2 Å². The number of hydrogen-bond donors (Lipinski definition) is 0. The van der Waals surface area contributed by atoms with Gasteiger partial charge in [0.15, 0.2) is 0 Å². The predicted molar refractivity (Wildman–Crippen MR) is 50.6 cm³/mol. The van der Waals surface area contributed by atoms with Crippen LogP contribution in [0.5, 0.6) is 0 Å². The van der Waals surface area contributed by atoms with E-state index in [0.717, 1.165) is 8.58 Å². The lowest BCUT2D eigenvalue weighted by Gasteiger charge is -2.12. The Morgan fingerprint density at radius 3 is 1.33 bits per heavy atom. The maximum absolute atomic E-state index is 4.76. The first-order chi connectivity index (χ1) is 3.97. The highest BCUT2D eigenvalue weighted by atomic mass is 35.5. The molecule has 0 N–H and O–H groups in total. The second-order valence-electron chi connectivity index (χ2n) is 2.60. The molecule has 0 bridgehead atoms. The van der Waals surface area contributed by atoms with Gasteiger partial charge in [-0.1, -0.05) is 20.8 Å². The molecule has 0 nitrogen and oxygen atoms in total. The SMILES string of the molecule is CPC(C)(C)C.ClCCl. The lowest BCUT2D eigenvalue weighted by molar-refractivity contribution is 0.797. The van der Waals surface area contributed by atoms with E-state index in [2.05, 4.69) is 27.4 Å². The van der Waals surface area contributed by atoms with Crippen LogP contribution < -0.4 is 0 Å². The number of rotatable bonds is 0. The van der Waals surface area contributed by atoms with Gasteiger partial charge in [-0.3, -0.25) is 0 Å². The molecule has 58 valence electrons. The fourth-order valence-electron chi connectivity index (χ4n) is 0. The zero-order chi connectivity index (χ0) is 7.91. The molecule has 0 aliphatic rings. The van der Waals surface area contributed by atoms with Crippen molar-refractivity contribution in [3.63, 3.8) is 0 Å². The minimum Gasteiger partial charge on any atom is -0.120 e. The van der Waals surface area contributed by atoms with Gasteiger partial charge in [-0.15, -0.1) is 31.8 Å². The molecule has 0 radical (unpaired) electrons. The highest BCUT2D eigenvalue weighted by Crippen LogP contribution is 2.25. The van der Waals surface area contributed by atoms with Gasteiger partial charge >= 0.3 is 0 Å². The third-order valence-electron chi connectivity index (χ3n) is 0.750. The molecule has 1 atom stereocenters. The summed E-state index contributed by atoms with van der Waals surface area (Å²) in [4.78, 5) is 0. The average molecular weight is 189 g/mol. The van der Waals surface area contributed by atoms with Gasteiger partial charge in [-0.05, 0) is 11.8 Å². The molecule has 0 heterocycles. The van der Waals surface area contributed by atoms with Crippen molar-refractivity contribution in [3.8, 4) is 0 Å². The van der Waals surface area contributed by atoms with Crippen LogP contribution in [0.25, 0.3) is 0 Å². The molecule has 0 aliphatic heterocycles. The van der Waals surface area contributed by atoms with Gasteiger partial charge in [0.1, 0.15) is 0 Å². The van der Waals surface area contributed by atoms with Crippen LogP contribution in [0.3, 0.4) is 0 Å². The molecule has 0 amide bonds. The van der Waals surface area contributed by atoms with Crippen LogP contribution in [0.1, 0.15) is 20.8 Å². The third kappa shape index (κ3) is 27.5. The van der Waals surface area contributed by atoms with Gasteiger partial charge in [0.25, 0.3) is 0 Å². The summed E-state index contributed by atoms with van der Waals surface area (Å²) in [6.07, 6.45) is 0. The van der Waals surface area contributed by atoms with E-state index in [1.54, 1.807) is 0 Å². The van der Waals surface area contributed by atoms with Crippen molar-refractivity contribution in [2.45, 2.75) is 25.9 Å². The second-order valence-corrected chi connectivity index (χ2v) is 5.41. The molecule has 0 saturated heterocycles. The summed E-state index contributed by atoms with van der Waals surface area (Å²) in [6.45, 7) is 9.00. The van der Waals surface area contributed by atoms with Crippen molar-refractivity contribution in [2.24, 2.45) is 0 Å². The van der Waals surface area contributed by atoms with Crippen molar-refractivity contribution >= 4 is 31.8 Å². The first kappa shape index (κ1) is 12.7. The van der Waals surface area contributed by atoms with Crippen LogP contribution >= 0.6 is 31.8 Å². The molecule has 9 heavy (non-hydrogen) atoms. The Morgan fingerprint density at radius 2 is 1.33 bits per heavy atom. The summed E-state index contributed by atoms with van der Waals surface area (Å²) in [6, 6.07) is 0. The Hall–Kier alpha value is 1.01. The summed E-state index contributed by atoms with van der Waals surface area (Å²) >= 11 is 9.53. The minimum absolute atomic E-state index is 0.194. The van der Waals surface area contributed by atoms with E-state index in [0.29, 0.717) is 5.16 Å². The lowest BCUT2D eigenvalue weighted by Crippen LogP contribution is -2.02. The minimum atomic E-state index is 0.194. The van der Waals surface area contributed by atoms with Gasteiger partial charge in [0, 0.05) is 0 Å². The van der Waals surface area contributed by atoms with E-state index in [4.69, 9.17) is 23.2 Å². The summed E-state index contributed by atoms with van der Waals surface area (Å²) in [5, 5.41) is 0.764. The summed E-state index contributed by atoms with van der Waals surface area (Å²) in [5.74, 6) is 0. The zero-order valence-electron chi connectivity index (χ0n) is 6.46. The highest BCUT2D eigenvalue weighted by Gasteiger charge is 2.03. The zero-order valence-corrected chi connectivity index (χ0v) is 8.97. The maximum atomic E-state index is 4.76. The molecule has 0 aromatic rings. The van der Waals surface area contributed by atoms with Crippen LogP contribution in [0.2, 0.25) is 0 Å². The molecule has 0 aliphatic carbocycles. The van der Waals surface area contributed by atoms with Gasteiger partial charge in [-0.2, -0.15) is 0 Å². The molecule has 3 heteroatoms. The fraction of sp³-hybridized carbons (Fsp3) is 1.00. The molecule has 0 spiro atoms. The standard InChI is InChI=1S/C5H13P.CH2Cl2/c1-5(2,3)6-4;2-1-3/h6H,1-4H3;1H2. The number of hydrogen-bond acceptors (Lipinski definition) is 0. The maximum Gasteiger partial charge on any atom is 0.0967 e. The van der Waals surface area contributed by atoms with E-state index < -0.39 is 0 Å². The monoisotopic (exact) mass is 188 g/mol. The van der Waals surface area contributed by atoms with E-state index in [-0.39, 0.29) is 5.34 Å². The average Bonchev–Trinajstić information content (AvgIpc) is 1.67. The van der Waals surface area contributed by atoms with Crippen LogP contribution in [0.4, 0.5) is 0 Å². The van der Waals surface area contributed by atoms with Crippen LogP contribution in [-0.2, 0) is 0 Å². The molecular weight excluding hydrogens is 174 g/mol. The Balaban J connectivity index is 0. The highest BCUT2D eigenvalue weighted by molar-refractivity contribution is 7.38. The van der Waals surface area contributed by atoms with Crippen LogP contribution in [0.15, 0.2) is 0 Å². The van der Waals surface area contributed by atoms with E-state index in [1.807, 2.05) is 0 Å². The molecule has 0 rings (SSSR count). The smallest absolute Gasteiger partial charge is 0.0967 e. The van der Waals surface area contributed by atoms with Crippen molar-refractivity contribution in [2.75, 3.05) is 12.0 Å². The van der Waals surface area contributed by atoms with Crippen molar-refractivity contribution in [1.82, 2.24) is 0 Å². The second kappa shape index (κ2) is 7.12. The van der Waals surface area contributed by atoms with Crippen LogP contribution in [0, 0.1) is 0 Å². The molecule has 0 saturated carbocycles. The van der Waals surface area contributed by atoms with E-state index in [1.165, 1.54) is 0 Å². The lowest BCUT2D eigenvalue weighted by atomic mass is 10.3. The summed E-state index contributed by atoms with van der Waals surface area (Å²) in [5.41, 5.74) is 0. The van der Waals surface area contributed by atoms with Crippen molar-refractivity contribution in [3.05, 3.63) is 0 Å². The van der Waals surface area contributed by atoms with Crippen molar-refractivity contribution in [1.29, 1.82) is 0 Å². The number of alkyl halides is 2. The molecule has 0 aromatic heterocycles. The number of halogens is 2. The van der Waals surface area contributed by atoms with Crippen molar-refractivity contribution < 1.29 is 0 Å². The van der Waals surface area contributed by atoms with E-state index >= 15 is 0 Å². The van der Waals surface area contributed by atoms with Gasteiger partial charge < -0.3 is 0 Å². The first-order valence-electron chi connectivity index (χ1n) is 2.78. The Bertz CT molecular complexity index is 49.5. The van der Waals surface area contributed by atoms with Gasteiger partial charge in [-0.25, -0.2) is 0 Å². The Morgan fingerprint density at radius 1 is 1.22 bits per heavy atom. The fourth-order valence-corrected chi connectivity index (χ4v) is 0. The first-order valence-corrected chi connectivity index (χ1v) is 5.35. The largest absolute Gasteiger partial charge is 0.120 e. The summed E-state index contributed by atoms with van der Waals surface area (Å²) in [7, 11) is 1.07. The molecular formula is C6H15Cl2P. The van der Waals surface area contributed by atoms with Gasteiger partial charge in [0.2, 0.25) is 0 Å².